The number of nitrogens with zero attached hydrogens (tertiary/aromatic N) is 2. The molecule has 4 heterocycles. The van der Waals surface area contributed by atoms with Crippen LogP contribution in [0.4, 0.5) is 17.1 Å². The van der Waals surface area contributed by atoms with Crippen LogP contribution in [-0.4, -0.2) is 11.3 Å². The maximum Gasteiger partial charge on any atom is 0.249 e. The lowest BCUT2D eigenvalue weighted by atomic mass is 9.29. The van der Waals surface area contributed by atoms with Gasteiger partial charge in [-0.25, -0.2) is 0 Å². The van der Waals surface area contributed by atoms with Crippen molar-refractivity contribution in [1.82, 2.24) is 4.57 Å². The molecule has 0 aliphatic carbocycles. The van der Waals surface area contributed by atoms with Crippen LogP contribution in [-0.2, 0) is 5.41 Å². The van der Waals surface area contributed by atoms with E-state index in [-0.39, 0.29) is 12.1 Å². The molecule has 2 nitrogen and oxygen atoms in total. The molecule has 0 radical (unpaired) electrons. The van der Waals surface area contributed by atoms with Gasteiger partial charge in [-0.2, -0.15) is 0 Å². The molecular weight excluding hydrogens is 615 g/mol. The Morgan fingerprint density at radius 2 is 0.980 bits per heavy atom. The van der Waals surface area contributed by atoms with Crippen molar-refractivity contribution in [2.45, 2.75) is 26.2 Å². The van der Waals surface area contributed by atoms with Gasteiger partial charge in [-0.1, -0.05) is 123 Å². The SMILES string of the molecule is CC(C)(C)c1ccc(N2c3ccc4cccc5c4c3B3c4c-5cc(-n5c6ccccc6c6ccccc65)cc4-c4cccc5ccc2c3c45)cc1. The Labute approximate surface area is 297 Å². The van der Waals surface area contributed by atoms with E-state index in [2.05, 4.69) is 176 Å². The Morgan fingerprint density at radius 3 is 1.51 bits per heavy atom. The van der Waals surface area contributed by atoms with Gasteiger partial charge in [0.25, 0.3) is 0 Å². The molecule has 0 atom stereocenters. The topological polar surface area (TPSA) is 8.17 Å². The van der Waals surface area contributed by atoms with E-state index in [1.165, 1.54) is 110 Å². The van der Waals surface area contributed by atoms with Gasteiger partial charge in [0.05, 0.1) is 11.0 Å². The van der Waals surface area contributed by atoms with Crippen molar-refractivity contribution in [3.63, 3.8) is 0 Å². The molecule has 0 bridgehead atoms. The van der Waals surface area contributed by atoms with E-state index in [0.29, 0.717) is 0 Å². The van der Waals surface area contributed by atoms with E-state index in [0.717, 1.165) is 0 Å². The molecule has 0 spiro atoms. The average Bonchev–Trinajstić information content (AvgIpc) is 3.50. The van der Waals surface area contributed by atoms with Gasteiger partial charge in [-0.15, -0.1) is 0 Å². The fourth-order valence-corrected chi connectivity index (χ4v) is 9.89. The second-order valence-electron chi connectivity index (χ2n) is 15.7. The van der Waals surface area contributed by atoms with Crippen LogP contribution in [0.1, 0.15) is 26.3 Å². The maximum atomic E-state index is 2.54. The van der Waals surface area contributed by atoms with Crippen molar-refractivity contribution < 1.29 is 0 Å². The van der Waals surface area contributed by atoms with Gasteiger partial charge in [0.15, 0.2) is 0 Å². The van der Waals surface area contributed by atoms with E-state index in [9.17, 15) is 0 Å². The van der Waals surface area contributed by atoms with Gasteiger partial charge in [0.1, 0.15) is 0 Å². The standard InChI is InChI=1S/C48H33BN2/c1-48(2,3)30-20-22-31(23-21-30)50-41-24-18-28-10-8-14-35-37-26-32(51-39-16-6-4-12-33(39)34-13-5-7-17-40(34)51)27-38-36-15-9-11-29-19-25-42(50)47(44(29)36)49(45(37)38)46(41)43(28)35/h4-27H,1-3H3. The monoisotopic (exact) mass is 648 g/mol. The third kappa shape index (κ3) is 3.44. The molecular formula is C48H33BN2. The second kappa shape index (κ2) is 9.38. The van der Waals surface area contributed by atoms with Crippen LogP contribution >= 0.6 is 0 Å². The first-order valence-corrected chi connectivity index (χ1v) is 18.1. The summed E-state index contributed by atoms with van der Waals surface area (Å²) in [7, 11) is 0. The van der Waals surface area contributed by atoms with Gasteiger partial charge >= 0.3 is 0 Å². The van der Waals surface area contributed by atoms with Crippen molar-refractivity contribution in [3.8, 4) is 27.9 Å². The minimum atomic E-state index is 0.0946. The quantitative estimate of drug-likeness (QED) is 0.169. The Bertz CT molecular complexity index is 2840. The van der Waals surface area contributed by atoms with Crippen LogP contribution in [0, 0.1) is 0 Å². The van der Waals surface area contributed by atoms with Crippen molar-refractivity contribution in [3.05, 3.63) is 151 Å². The Kier molecular flexibility index (Phi) is 5.10. The number of fused-ring (bicyclic) bond motifs is 5. The first-order valence-electron chi connectivity index (χ1n) is 18.1. The molecule has 3 aliphatic rings. The molecule has 9 aromatic rings. The molecule has 3 heteroatoms. The van der Waals surface area contributed by atoms with Crippen LogP contribution in [0.3, 0.4) is 0 Å². The highest BCUT2D eigenvalue weighted by atomic mass is 15.2. The normalized spacial score (nSPS) is 13.7. The zero-order valence-electron chi connectivity index (χ0n) is 28.8. The van der Waals surface area contributed by atoms with Gasteiger partial charge < -0.3 is 9.47 Å². The molecule has 238 valence electrons. The number of hydrogen-bond acceptors (Lipinski definition) is 1. The lowest BCUT2D eigenvalue weighted by molar-refractivity contribution is 0.590. The summed E-state index contributed by atoms with van der Waals surface area (Å²) in [6.07, 6.45) is 0. The first-order chi connectivity index (χ1) is 25.0. The van der Waals surface area contributed by atoms with Gasteiger partial charge in [-0.05, 0) is 114 Å². The maximum absolute atomic E-state index is 2.54. The summed E-state index contributed by atoms with van der Waals surface area (Å²) < 4.78 is 2.49. The zero-order valence-corrected chi connectivity index (χ0v) is 28.8. The van der Waals surface area contributed by atoms with Crippen molar-refractivity contribution in [2.75, 3.05) is 4.90 Å². The smallest absolute Gasteiger partial charge is 0.249 e. The van der Waals surface area contributed by atoms with Crippen molar-refractivity contribution >= 4 is 83.5 Å². The van der Waals surface area contributed by atoms with Gasteiger partial charge in [0.2, 0.25) is 6.71 Å². The van der Waals surface area contributed by atoms with Crippen LogP contribution < -0.4 is 21.3 Å². The number of para-hydroxylation sites is 2. The number of aromatic nitrogens is 1. The molecule has 51 heavy (non-hydrogen) atoms. The van der Waals surface area contributed by atoms with Crippen molar-refractivity contribution in [2.24, 2.45) is 0 Å². The molecule has 8 aromatic carbocycles. The molecule has 0 fully saturated rings. The van der Waals surface area contributed by atoms with E-state index in [4.69, 9.17) is 0 Å². The summed E-state index contributed by atoms with van der Waals surface area (Å²) in [5, 5.41) is 7.96. The molecule has 0 saturated carbocycles. The average molecular weight is 649 g/mol. The lowest BCUT2D eigenvalue weighted by Crippen LogP contribution is -2.61. The number of anilines is 3. The minimum absolute atomic E-state index is 0.0946. The molecule has 0 amide bonds. The summed E-state index contributed by atoms with van der Waals surface area (Å²) in [5.74, 6) is 0. The zero-order chi connectivity index (χ0) is 33.7. The summed E-state index contributed by atoms with van der Waals surface area (Å²) in [6, 6.07) is 55.3. The third-order valence-electron chi connectivity index (χ3n) is 12.0. The largest absolute Gasteiger partial charge is 0.311 e. The van der Waals surface area contributed by atoms with Crippen LogP contribution in [0.2, 0.25) is 0 Å². The fourth-order valence-electron chi connectivity index (χ4n) is 9.89. The highest BCUT2D eigenvalue weighted by Gasteiger charge is 2.45. The van der Waals surface area contributed by atoms with Gasteiger partial charge in [0, 0.05) is 33.5 Å². The predicted octanol–water partition coefficient (Wildman–Crippen LogP) is 10.6. The lowest BCUT2D eigenvalue weighted by Gasteiger charge is -2.43. The van der Waals surface area contributed by atoms with Crippen LogP contribution in [0.25, 0.3) is 71.3 Å². The highest BCUT2D eigenvalue weighted by Crippen LogP contribution is 2.48. The third-order valence-corrected chi connectivity index (χ3v) is 12.0. The molecule has 0 saturated heterocycles. The van der Waals surface area contributed by atoms with Crippen LogP contribution in [0.15, 0.2) is 146 Å². The number of benzene rings is 8. The Balaban J connectivity index is 1.23. The predicted molar refractivity (Wildman–Crippen MR) is 218 cm³/mol. The molecule has 12 rings (SSSR count). The fraction of sp³-hybridized carbons (Fsp3) is 0.0833. The summed E-state index contributed by atoms with van der Waals surface area (Å²) in [6.45, 7) is 7.02. The van der Waals surface area contributed by atoms with E-state index < -0.39 is 0 Å². The number of rotatable bonds is 2. The van der Waals surface area contributed by atoms with Gasteiger partial charge in [-0.3, -0.25) is 0 Å². The Hall–Kier alpha value is -6.06. The highest BCUT2D eigenvalue weighted by molar-refractivity contribution is 7.03. The van der Waals surface area contributed by atoms with E-state index >= 15 is 0 Å². The summed E-state index contributed by atoms with van der Waals surface area (Å²) in [5.41, 5.74) is 18.6. The molecule has 0 N–H and O–H groups in total. The number of hydrogen-bond donors (Lipinski definition) is 0. The first kappa shape index (κ1) is 27.7. The Morgan fingerprint density at radius 1 is 0.451 bits per heavy atom. The van der Waals surface area contributed by atoms with Crippen molar-refractivity contribution in [1.29, 1.82) is 0 Å². The summed E-state index contributed by atoms with van der Waals surface area (Å²) >= 11 is 0. The molecule has 0 unspecified atom stereocenters. The second-order valence-corrected chi connectivity index (χ2v) is 15.7. The van der Waals surface area contributed by atoms with Crippen LogP contribution in [0.5, 0.6) is 0 Å². The van der Waals surface area contributed by atoms with E-state index in [1.807, 2.05) is 0 Å². The van der Waals surface area contributed by atoms with E-state index in [1.54, 1.807) is 0 Å². The molecule has 3 aliphatic heterocycles. The summed E-state index contributed by atoms with van der Waals surface area (Å²) in [4.78, 5) is 2.54. The minimum Gasteiger partial charge on any atom is -0.311 e. The molecule has 1 aromatic heterocycles.